The number of benzene rings is 2. The number of unbranched alkanes of at least 4 members (excludes halogenated alkanes) is 15. The highest BCUT2D eigenvalue weighted by molar-refractivity contribution is 5.96. The fourth-order valence-electron chi connectivity index (χ4n) is 5.16. The van der Waals surface area contributed by atoms with Gasteiger partial charge in [0.05, 0.1) is 6.61 Å². The van der Waals surface area contributed by atoms with Gasteiger partial charge in [0.2, 0.25) is 0 Å². The molecular formula is C37H58O2. The Morgan fingerprint density at radius 1 is 0.615 bits per heavy atom. The second-order valence-corrected chi connectivity index (χ2v) is 11.7. The maximum absolute atomic E-state index is 12.4. The molecule has 0 saturated carbocycles. The second kappa shape index (κ2) is 21.7. The SMILES string of the molecule is CCCCCCCCCCCCCCCCCCOc1ccc(-c2ccc(C(=O)CCC(C)CC)cc2)cc1. The molecule has 0 spiro atoms. The molecule has 2 heteroatoms. The van der Waals surface area contributed by atoms with Gasteiger partial charge < -0.3 is 4.74 Å². The van der Waals surface area contributed by atoms with E-state index in [0.29, 0.717) is 12.3 Å². The fraction of sp³-hybridized carbons (Fsp3) is 0.649. The van der Waals surface area contributed by atoms with Crippen LogP contribution in [0.25, 0.3) is 11.1 Å². The minimum atomic E-state index is 0.250. The summed E-state index contributed by atoms with van der Waals surface area (Å²) in [5, 5.41) is 0. The van der Waals surface area contributed by atoms with Gasteiger partial charge in [0.25, 0.3) is 0 Å². The molecule has 0 saturated heterocycles. The molecule has 218 valence electrons. The third-order valence-corrected chi connectivity index (χ3v) is 8.22. The van der Waals surface area contributed by atoms with E-state index < -0.39 is 0 Å². The van der Waals surface area contributed by atoms with Crippen molar-refractivity contribution in [2.24, 2.45) is 5.92 Å². The van der Waals surface area contributed by atoms with E-state index in [1.54, 1.807) is 0 Å². The highest BCUT2D eigenvalue weighted by atomic mass is 16.5. The largest absolute Gasteiger partial charge is 0.494 e. The van der Waals surface area contributed by atoms with Crippen molar-refractivity contribution in [2.75, 3.05) is 6.61 Å². The zero-order valence-electron chi connectivity index (χ0n) is 25.7. The summed E-state index contributed by atoms with van der Waals surface area (Å²) < 4.78 is 5.98. The maximum Gasteiger partial charge on any atom is 0.162 e. The Bertz CT molecular complexity index is 852. The highest BCUT2D eigenvalue weighted by Gasteiger charge is 2.09. The standard InChI is InChI=1S/C37H58O2/c1-4-6-7-8-9-10-11-12-13-14-15-16-17-18-19-20-31-39-36-28-26-34(27-29-36)33-22-24-35(25-23-33)37(38)30-21-32(3)5-2/h22-29,32H,4-21,30-31H2,1-3H3. The summed E-state index contributed by atoms with van der Waals surface area (Å²) in [6.45, 7) is 7.48. The maximum atomic E-state index is 12.4. The molecule has 39 heavy (non-hydrogen) atoms. The predicted octanol–water partition coefficient (Wildman–Crippen LogP) is 12.0. The van der Waals surface area contributed by atoms with Crippen molar-refractivity contribution in [3.05, 3.63) is 54.1 Å². The van der Waals surface area contributed by atoms with Crippen molar-refractivity contribution in [3.63, 3.8) is 0 Å². The average molecular weight is 535 g/mol. The molecular weight excluding hydrogens is 476 g/mol. The monoisotopic (exact) mass is 534 g/mol. The number of Topliss-reactive ketones (excluding diaryl/α,β-unsaturated/α-hetero) is 1. The Balaban J connectivity index is 1.48. The predicted molar refractivity (Wildman–Crippen MR) is 170 cm³/mol. The Morgan fingerprint density at radius 2 is 1.05 bits per heavy atom. The lowest BCUT2D eigenvalue weighted by molar-refractivity contribution is 0.0974. The molecule has 1 atom stereocenters. The van der Waals surface area contributed by atoms with Crippen LogP contribution in [0.2, 0.25) is 0 Å². The van der Waals surface area contributed by atoms with E-state index in [2.05, 4.69) is 57.2 Å². The number of carbonyl (C=O) groups excluding carboxylic acids is 1. The second-order valence-electron chi connectivity index (χ2n) is 11.7. The van der Waals surface area contributed by atoms with Gasteiger partial charge in [0.1, 0.15) is 5.75 Å². The Morgan fingerprint density at radius 3 is 1.51 bits per heavy atom. The average Bonchev–Trinajstić information content (AvgIpc) is 2.97. The Hall–Kier alpha value is -2.09. The molecule has 2 rings (SSSR count). The lowest BCUT2D eigenvalue weighted by atomic mass is 9.97. The van der Waals surface area contributed by atoms with Crippen LogP contribution in [0.4, 0.5) is 0 Å². The minimum Gasteiger partial charge on any atom is -0.494 e. The van der Waals surface area contributed by atoms with Crippen LogP contribution >= 0.6 is 0 Å². The lowest BCUT2D eigenvalue weighted by Crippen LogP contribution is -2.02. The van der Waals surface area contributed by atoms with E-state index in [1.165, 1.54) is 96.3 Å². The van der Waals surface area contributed by atoms with Crippen molar-refractivity contribution in [2.45, 2.75) is 143 Å². The molecule has 0 radical (unpaired) electrons. The molecule has 2 nitrogen and oxygen atoms in total. The summed E-state index contributed by atoms with van der Waals surface area (Å²) in [6.07, 6.45) is 25.0. The quantitative estimate of drug-likeness (QED) is 0.0988. The normalized spacial score (nSPS) is 12.0. The molecule has 0 heterocycles. The van der Waals surface area contributed by atoms with E-state index in [1.807, 2.05) is 12.1 Å². The number of ether oxygens (including phenoxy) is 1. The summed E-state index contributed by atoms with van der Waals surface area (Å²) in [5.41, 5.74) is 3.11. The molecule has 0 aliphatic heterocycles. The fourth-order valence-corrected chi connectivity index (χ4v) is 5.16. The van der Waals surface area contributed by atoms with Crippen molar-refractivity contribution in [1.82, 2.24) is 0 Å². The first-order chi connectivity index (χ1) is 19.1. The highest BCUT2D eigenvalue weighted by Crippen LogP contribution is 2.24. The Kier molecular flexibility index (Phi) is 18.4. The molecule has 0 amide bonds. The molecule has 2 aromatic carbocycles. The first-order valence-corrected chi connectivity index (χ1v) is 16.5. The van der Waals surface area contributed by atoms with Gasteiger partial charge in [0.15, 0.2) is 5.78 Å². The van der Waals surface area contributed by atoms with E-state index in [9.17, 15) is 4.79 Å². The number of rotatable bonds is 24. The van der Waals surface area contributed by atoms with Crippen LogP contribution in [0.5, 0.6) is 5.75 Å². The van der Waals surface area contributed by atoms with Gasteiger partial charge in [-0.05, 0) is 42.0 Å². The first-order valence-electron chi connectivity index (χ1n) is 16.5. The van der Waals surface area contributed by atoms with Crippen molar-refractivity contribution >= 4 is 5.78 Å². The number of hydrogen-bond acceptors (Lipinski definition) is 2. The molecule has 0 N–H and O–H groups in total. The minimum absolute atomic E-state index is 0.250. The Labute approximate surface area is 241 Å². The van der Waals surface area contributed by atoms with Gasteiger partial charge in [-0.3, -0.25) is 4.79 Å². The van der Waals surface area contributed by atoms with Gasteiger partial charge in [-0.1, -0.05) is 160 Å². The lowest BCUT2D eigenvalue weighted by Gasteiger charge is -2.09. The third-order valence-electron chi connectivity index (χ3n) is 8.22. The smallest absolute Gasteiger partial charge is 0.162 e. The third kappa shape index (κ3) is 15.3. The summed E-state index contributed by atoms with van der Waals surface area (Å²) in [6, 6.07) is 16.4. The molecule has 0 fully saturated rings. The first kappa shape index (κ1) is 33.1. The summed E-state index contributed by atoms with van der Waals surface area (Å²) >= 11 is 0. The van der Waals surface area contributed by atoms with Crippen molar-refractivity contribution < 1.29 is 9.53 Å². The molecule has 1 unspecified atom stereocenters. The van der Waals surface area contributed by atoms with Gasteiger partial charge >= 0.3 is 0 Å². The van der Waals surface area contributed by atoms with Crippen molar-refractivity contribution in [3.8, 4) is 16.9 Å². The van der Waals surface area contributed by atoms with Crippen LogP contribution in [-0.2, 0) is 0 Å². The van der Waals surface area contributed by atoms with Crippen LogP contribution in [0.3, 0.4) is 0 Å². The molecule has 0 aliphatic rings. The van der Waals surface area contributed by atoms with E-state index in [0.717, 1.165) is 48.3 Å². The zero-order valence-corrected chi connectivity index (χ0v) is 25.7. The molecule has 0 aromatic heterocycles. The van der Waals surface area contributed by atoms with Crippen LogP contribution in [0.15, 0.2) is 48.5 Å². The van der Waals surface area contributed by atoms with Crippen LogP contribution in [0.1, 0.15) is 153 Å². The zero-order chi connectivity index (χ0) is 28.0. The number of ketones is 1. The van der Waals surface area contributed by atoms with Crippen LogP contribution in [-0.4, -0.2) is 12.4 Å². The summed E-state index contributed by atoms with van der Waals surface area (Å²) in [7, 11) is 0. The van der Waals surface area contributed by atoms with Gasteiger partial charge in [-0.2, -0.15) is 0 Å². The molecule has 0 aliphatic carbocycles. The van der Waals surface area contributed by atoms with E-state index in [-0.39, 0.29) is 5.78 Å². The van der Waals surface area contributed by atoms with Crippen molar-refractivity contribution in [1.29, 1.82) is 0 Å². The summed E-state index contributed by atoms with van der Waals surface area (Å²) in [5.74, 6) is 1.80. The van der Waals surface area contributed by atoms with Gasteiger partial charge in [-0.25, -0.2) is 0 Å². The van der Waals surface area contributed by atoms with Gasteiger partial charge in [0, 0.05) is 12.0 Å². The number of carbonyl (C=O) groups is 1. The molecule has 0 bridgehead atoms. The topological polar surface area (TPSA) is 26.3 Å². The van der Waals surface area contributed by atoms with E-state index >= 15 is 0 Å². The number of hydrogen-bond donors (Lipinski definition) is 0. The van der Waals surface area contributed by atoms with Gasteiger partial charge in [-0.15, -0.1) is 0 Å². The van der Waals surface area contributed by atoms with Crippen LogP contribution in [0, 0.1) is 5.92 Å². The molecule has 2 aromatic rings. The van der Waals surface area contributed by atoms with E-state index in [4.69, 9.17) is 4.74 Å². The van der Waals surface area contributed by atoms with Crippen LogP contribution < -0.4 is 4.74 Å². The summed E-state index contributed by atoms with van der Waals surface area (Å²) in [4.78, 5) is 12.4.